The maximum atomic E-state index is 11.7. The van der Waals surface area contributed by atoms with Gasteiger partial charge in [-0.05, 0) is 32.3 Å². The lowest BCUT2D eigenvalue weighted by Crippen LogP contribution is -2.30. The number of carbonyl (C=O) groups is 1. The summed E-state index contributed by atoms with van der Waals surface area (Å²) >= 11 is 0. The molecule has 0 aliphatic heterocycles. The first kappa shape index (κ1) is 13.8. The van der Waals surface area contributed by atoms with E-state index in [1.807, 2.05) is 19.9 Å². The average Bonchev–Trinajstić information content (AvgIpc) is 2.86. The smallest absolute Gasteiger partial charge is 0.242 e. The molecule has 1 fully saturated rings. The van der Waals surface area contributed by atoms with Crippen LogP contribution in [0.25, 0.3) is 0 Å². The van der Waals surface area contributed by atoms with Crippen molar-refractivity contribution in [2.45, 2.75) is 52.4 Å². The van der Waals surface area contributed by atoms with Gasteiger partial charge in [0, 0.05) is 17.8 Å². The first-order valence-corrected chi connectivity index (χ1v) is 7.00. The summed E-state index contributed by atoms with van der Waals surface area (Å²) in [5.74, 6) is 1.20. The highest BCUT2D eigenvalue weighted by Crippen LogP contribution is 2.28. The van der Waals surface area contributed by atoms with Crippen LogP contribution in [0.2, 0.25) is 0 Å². The molecule has 104 valence electrons. The zero-order valence-corrected chi connectivity index (χ0v) is 11.7. The Morgan fingerprint density at radius 1 is 1.26 bits per heavy atom. The predicted molar refractivity (Wildman–Crippen MR) is 74.5 cm³/mol. The minimum Gasteiger partial charge on any atom is -0.273 e. The number of nitrogens with zero attached hydrogens (tertiary/aromatic N) is 2. The van der Waals surface area contributed by atoms with Crippen molar-refractivity contribution in [3.8, 4) is 0 Å². The third-order valence-corrected chi connectivity index (χ3v) is 3.55. The average molecular weight is 262 g/mol. The summed E-state index contributed by atoms with van der Waals surface area (Å²) in [6.45, 7) is 3.81. The first-order chi connectivity index (χ1) is 9.13. The number of anilines is 1. The molecule has 0 aromatic carbocycles. The Morgan fingerprint density at radius 3 is 2.53 bits per heavy atom. The van der Waals surface area contributed by atoms with Crippen LogP contribution < -0.4 is 10.9 Å². The lowest BCUT2D eigenvalue weighted by atomic mass is 10.0. The Balaban J connectivity index is 1.73. The molecule has 0 bridgehead atoms. The molecule has 1 aliphatic carbocycles. The fourth-order valence-corrected chi connectivity index (χ4v) is 2.60. The highest BCUT2D eigenvalue weighted by Gasteiger charge is 2.16. The molecule has 19 heavy (non-hydrogen) atoms. The van der Waals surface area contributed by atoms with Crippen LogP contribution in [0, 0.1) is 19.8 Å². The van der Waals surface area contributed by atoms with Crippen LogP contribution in [-0.2, 0) is 4.79 Å². The lowest BCUT2D eigenvalue weighted by molar-refractivity contribution is -0.120. The summed E-state index contributed by atoms with van der Waals surface area (Å²) in [6, 6.07) is 1.90. The molecule has 1 aromatic heterocycles. The van der Waals surface area contributed by atoms with E-state index in [0.29, 0.717) is 12.4 Å². The Kier molecular flexibility index (Phi) is 4.71. The van der Waals surface area contributed by atoms with Crippen LogP contribution in [0.15, 0.2) is 6.07 Å². The van der Waals surface area contributed by atoms with Crippen molar-refractivity contribution in [1.82, 2.24) is 15.4 Å². The summed E-state index contributed by atoms with van der Waals surface area (Å²) in [4.78, 5) is 20.1. The number of amides is 1. The van der Waals surface area contributed by atoms with Gasteiger partial charge < -0.3 is 0 Å². The van der Waals surface area contributed by atoms with Crippen molar-refractivity contribution in [1.29, 1.82) is 0 Å². The van der Waals surface area contributed by atoms with Crippen molar-refractivity contribution in [2.24, 2.45) is 5.92 Å². The second kappa shape index (κ2) is 6.50. The Morgan fingerprint density at radius 2 is 1.89 bits per heavy atom. The number of hydrogen-bond acceptors (Lipinski definition) is 4. The third-order valence-electron chi connectivity index (χ3n) is 3.55. The maximum Gasteiger partial charge on any atom is 0.242 e. The van der Waals surface area contributed by atoms with Crippen molar-refractivity contribution < 1.29 is 4.79 Å². The lowest BCUT2D eigenvalue weighted by Gasteiger charge is -2.10. The number of aromatic nitrogens is 2. The fraction of sp³-hybridized carbons (Fsp3) is 0.643. The maximum absolute atomic E-state index is 11.7. The van der Waals surface area contributed by atoms with Gasteiger partial charge in [-0.1, -0.05) is 25.7 Å². The van der Waals surface area contributed by atoms with Crippen molar-refractivity contribution in [3.05, 3.63) is 17.5 Å². The van der Waals surface area contributed by atoms with Crippen molar-refractivity contribution in [3.63, 3.8) is 0 Å². The number of hydrazine groups is 1. The molecule has 1 saturated carbocycles. The summed E-state index contributed by atoms with van der Waals surface area (Å²) < 4.78 is 0. The van der Waals surface area contributed by atoms with Gasteiger partial charge in [0.1, 0.15) is 0 Å². The summed E-state index contributed by atoms with van der Waals surface area (Å²) in [6.07, 6.45) is 6.76. The molecular weight excluding hydrogens is 240 g/mol. The van der Waals surface area contributed by atoms with Crippen molar-refractivity contribution in [2.75, 3.05) is 5.43 Å². The zero-order chi connectivity index (χ0) is 13.7. The fourth-order valence-electron chi connectivity index (χ4n) is 2.60. The molecular formula is C14H22N4O. The SMILES string of the molecule is Cc1cc(C)nc(NNC(=O)CCC2CCCC2)n1. The molecule has 2 rings (SSSR count). The van der Waals surface area contributed by atoms with E-state index in [0.717, 1.165) is 23.7 Å². The van der Waals surface area contributed by atoms with Crippen molar-refractivity contribution >= 4 is 11.9 Å². The first-order valence-electron chi connectivity index (χ1n) is 7.00. The Labute approximate surface area is 114 Å². The summed E-state index contributed by atoms with van der Waals surface area (Å²) in [5.41, 5.74) is 7.21. The minimum absolute atomic E-state index is 0.00894. The molecule has 1 heterocycles. The van der Waals surface area contributed by atoms with E-state index in [4.69, 9.17) is 0 Å². The molecule has 0 radical (unpaired) electrons. The molecule has 1 aromatic rings. The minimum atomic E-state index is 0.00894. The van der Waals surface area contributed by atoms with Gasteiger partial charge in [0.05, 0.1) is 0 Å². The van der Waals surface area contributed by atoms with Crippen LogP contribution >= 0.6 is 0 Å². The molecule has 0 unspecified atom stereocenters. The Hall–Kier alpha value is -1.65. The zero-order valence-electron chi connectivity index (χ0n) is 11.7. The van der Waals surface area contributed by atoms with Gasteiger partial charge >= 0.3 is 0 Å². The van der Waals surface area contributed by atoms with E-state index in [1.165, 1.54) is 25.7 Å². The molecule has 0 spiro atoms. The molecule has 1 amide bonds. The number of carbonyl (C=O) groups excluding carboxylic acids is 1. The number of rotatable bonds is 5. The van der Waals surface area contributed by atoms with Gasteiger partial charge in [0.25, 0.3) is 0 Å². The highest BCUT2D eigenvalue weighted by molar-refractivity contribution is 5.76. The molecule has 0 atom stereocenters. The molecule has 5 heteroatoms. The van der Waals surface area contributed by atoms with Gasteiger partial charge in [0.2, 0.25) is 11.9 Å². The van der Waals surface area contributed by atoms with Gasteiger partial charge in [-0.2, -0.15) is 0 Å². The molecule has 1 aliphatic rings. The monoisotopic (exact) mass is 262 g/mol. The quantitative estimate of drug-likeness (QED) is 0.800. The van der Waals surface area contributed by atoms with E-state index < -0.39 is 0 Å². The number of aryl methyl sites for hydroxylation is 2. The van der Waals surface area contributed by atoms with Crippen LogP contribution in [0.4, 0.5) is 5.95 Å². The topological polar surface area (TPSA) is 66.9 Å². The standard InChI is InChI=1S/C14H22N4O/c1-10-9-11(2)16-14(15-10)18-17-13(19)8-7-12-5-3-4-6-12/h9,12H,3-8H2,1-2H3,(H,17,19)(H,15,16,18). The van der Waals surface area contributed by atoms with E-state index in [2.05, 4.69) is 20.8 Å². The van der Waals surface area contributed by atoms with Gasteiger partial charge in [0.15, 0.2) is 0 Å². The molecule has 2 N–H and O–H groups in total. The molecule has 5 nitrogen and oxygen atoms in total. The van der Waals surface area contributed by atoms with Gasteiger partial charge in [-0.3, -0.25) is 15.6 Å². The normalized spacial score (nSPS) is 15.5. The van der Waals surface area contributed by atoms with E-state index >= 15 is 0 Å². The van der Waals surface area contributed by atoms with E-state index in [-0.39, 0.29) is 5.91 Å². The van der Waals surface area contributed by atoms with Crippen LogP contribution in [0.3, 0.4) is 0 Å². The number of hydrogen-bond donors (Lipinski definition) is 2. The second-order valence-corrected chi connectivity index (χ2v) is 5.34. The third kappa shape index (κ3) is 4.50. The highest BCUT2D eigenvalue weighted by atomic mass is 16.2. The van der Waals surface area contributed by atoms with E-state index in [9.17, 15) is 4.79 Å². The molecule has 0 saturated heterocycles. The van der Waals surface area contributed by atoms with Crippen LogP contribution in [-0.4, -0.2) is 15.9 Å². The van der Waals surface area contributed by atoms with E-state index in [1.54, 1.807) is 0 Å². The Bertz CT molecular complexity index is 421. The summed E-state index contributed by atoms with van der Waals surface area (Å²) in [5, 5.41) is 0. The number of nitrogens with one attached hydrogen (secondary N) is 2. The van der Waals surface area contributed by atoms with Crippen LogP contribution in [0.5, 0.6) is 0 Å². The summed E-state index contributed by atoms with van der Waals surface area (Å²) in [7, 11) is 0. The largest absolute Gasteiger partial charge is 0.273 e. The van der Waals surface area contributed by atoms with Gasteiger partial charge in [-0.25, -0.2) is 9.97 Å². The van der Waals surface area contributed by atoms with Gasteiger partial charge in [-0.15, -0.1) is 0 Å². The van der Waals surface area contributed by atoms with Crippen LogP contribution in [0.1, 0.15) is 49.9 Å². The second-order valence-electron chi connectivity index (χ2n) is 5.34. The predicted octanol–water partition coefficient (Wildman–Crippen LogP) is 2.51.